The van der Waals surface area contributed by atoms with Crippen molar-refractivity contribution in [3.8, 4) is 10.7 Å². The summed E-state index contributed by atoms with van der Waals surface area (Å²) in [4.78, 5) is 16.4. The van der Waals surface area contributed by atoms with Gasteiger partial charge in [-0.25, -0.2) is 15.0 Å². The molecule has 0 aliphatic heterocycles. The zero-order valence-electron chi connectivity index (χ0n) is 13.0. The van der Waals surface area contributed by atoms with Crippen molar-refractivity contribution in [2.75, 3.05) is 13.2 Å². The van der Waals surface area contributed by atoms with Crippen LogP contribution in [-0.2, 0) is 20.1 Å². The summed E-state index contributed by atoms with van der Waals surface area (Å²) in [6.07, 6.45) is 7.41. The number of aliphatic hydroxyl groups excluding tert-OH is 1. The number of thiophene rings is 1. The summed E-state index contributed by atoms with van der Waals surface area (Å²) in [6, 6.07) is 4.01. The molecule has 6 nitrogen and oxygen atoms in total. The van der Waals surface area contributed by atoms with E-state index in [1.807, 2.05) is 47.7 Å². The maximum Gasteiger partial charge on any atom is 0.169 e. The van der Waals surface area contributed by atoms with Gasteiger partial charge in [-0.1, -0.05) is 6.07 Å². The van der Waals surface area contributed by atoms with E-state index in [0.29, 0.717) is 19.6 Å². The summed E-state index contributed by atoms with van der Waals surface area (Å²) in [5.41, 5.74) is 1.02. The lowest BCUT2D eigenvalue weighted by atomic mass is 10.3. The third kappa shape index (κ3) is 4.01. The van der Waals surface area contributed by atoms with Crippen LogP contribution in [0, 0.1) is 0 Å². The van der Waals surface area contributed by atoms with Gasteiger partial charge in [-0.2, -0.15) is 0 Å². The Morgan fingerprint density at radius 2 is 2.04 bits per heavy atom. The van der Waals surface area contributed by atoms with Crippen LogP contribution < -0.4 is 0 Å². The minimum absolute atomic E-state index is 0.110. The first-order valence-corrected chi connectivity index (χ1v) is 8.28. The molecule has 0 aromatic carbocycles. The van der Waals surface area contributed by atoms with Crippen LogP contribution in [0.25, 0.3) is 10.7 Å². The Morgan fingerprint density at radius 1 is 1.22 bits per heavy atom. The molecule has 3 aromatic rings. The van der Waals surface area contributed by atoms with E-state index >= 15 is 0 Å². The highest BCUT2D eigenvalue weighted by Gasteiger charge is 2.11. The van der Waals surface area contributed by atoms with Crippen molar-refractivity contribution < 1.29 is 5.11 Å². The van der Waals surface area contributed by atoms with E-state index in [0.717, 1.165) is 22.1 Å². The van der Waals surface area contributed by atoms with Gasteiger partial charge < -0.3 is 9.67 Å². The third-order valence-electron chi connectivity index (χ3n) is 3.56. The summed E-state index contributed by atoms with van der Waals surface area (Å²) in [5, 5.41) is 11.3. The molecule has 0 saturated heterocycles. The van der Waals surface area contributed by atoms with E-state index in [1.165, 1.54) is 0 Å². The van der Waals surface area contributed by atoms with E-state index in [-0.39, 0.29) is 6.61 Å². The van der Waals surface area contributed by atoms with Crippen molar-refractivity contribution in [2.45, 2.75) is 13.1 Å². The highest BCUT2D eigenvalue weighted by atomic mass is 32.1. The lowest BCUT2D eigenvalue weighted by molar-refractivity contribution is 0.180. The van der Waals surface area contributed by atoms with E-state index in [1.54, 1.807) is 17.5 Å². The molecule has 0 fully saturated rings. The first-order valence-electron chi connectivity index (χ1n) is 7.40. The summed E-state index contributed by atoms with van der Waals surface area (Å²) >= 11 is 1.63. The molecular weight excluding hydrogens is 310 g/mol. The van der Waals surface area contributed by atoms with E-state index in [2.05, 4.69) is 19.9 Å². The van der Waals surface area contributed by atoms with E-state index in [4.69, 9.17) is 0 Å². The molecule has 3 aromatic heterocycles. The fraction of sp³-hybridized carbons (Fsp3) is 0.312. The second kappa shape index (κ2) is 7.45. The van der Waals surface area contributed by atoms with Gasteiger partial charge in [0.1, 0.15) is 5.82 Å². The van der Waals surface area contributed by atoms with Crippen LogP contribution in [-0.4, -0.2) is 42.7 Å². The number of aliphatic hydroxyl groups is 1. The molecule has 3 rings (SSSR count). The molecule has 0 bridgehead atoms. The topological polar surface area (TPSA) is 67.1 Å². The average molecular weight is 329 g/mol. The molecule has 1 N–H and O–H groups in total. The molecule has 23 heavy (non-hydrogen) atoms. The summed E-state index contributed by atoms with van der Waals surface area (Å²) in [5.74, 6) is 1.72. The average Bonchev–Trinajstić information content (AvgIpc) is 3.21. The molecule has 7 heteroatoms. The molecular formula is C16H19N5OS. The van der Waals surface area contributed by atoms with Gasteiger partial charge in [0.15, 0.2) is 5.82 Å². The predicted molar refractivity (Wildman–Crippen MR) is 89.8 cm³/mol. The van der Waals surface area contributed by atoms with Gasteiger partial charge in [0.25, 0.3) is 0 Å². The number of rotatable bonds is 7. The summed E-state index contributed by atoms with van der Waals surface area (Å²) in [6.45, 7) is 2.05. The van der Waals surface area contributed by atoms with Crippen LogP contribution in [0.2, 0.25) is 0 Å². The minimum Gasteiger partial charge on any atom is -0.395 e. The molecule has 0 unspecified atom stereocenters. The number of imidazole rings is 1. The SMILES string of the molecule is Cn1ccnc1CN(CCO)Cc1cnc(-c2cccs2)nc1. The minimum atomic E-state index is 0.110. The van der Waals surface area contributed by atoms with Crippen LogP contribution >= 0.6 is 11.3 Å². The summed E-state index contributed by atoms with van der Waals surface area (Å²) < 4.78 is 1.99. The van der Waals surface area contributed by atoms with Crippen LogP contribution in [0.15, 0.2) is 42.3 Å². The smallest absolute Gasteiger partial charge is 0.169 e. The highest BCUT2D eigenvalue weighted by molar-refractivity contribution is 7.13. The molecule has 0 aliphatic carbocycles. The van der Waals surface area contributed by atoms with E-state index < -0.39 is 0 Å². The van der Waals surface area contributed by atoms with E-state index in [9.17, 15) is 5.11 Å². The first kappa shape index (κ1) is 15.8. The van der Waals surface area contributed by atoms with Crippen LogP contribution in [0.5, 0.6) is 0 Å². The highest BCUT2D eigenvalue weighted by Crippen LogP contribution is 2.20. The molecule has 3 heterocycles. The Balaban J connectivity index is 1.68. The molecule has 120 valence electrons. The Kier molecular flexibility index (Phi) is 5.12. The van der Waals surface area contributed by atoms with Crippen molar-refractivity contribution in [2.24, 2.45) is 7.05 Å². The van der Waals surface area contributed by atoms with Crippen LogP contribution in [0.3, 0.4) is 0 Å². The maximum absolute atomic E-state index is 9.28. The first-order chi connectivity index (χ1) is 11.3. The number of nitrogens with zero attached hydrogens (tertiary/aromatic N) is 5. The van der Waals surface area contributed by atoms with Gasteiger partial charge >= 0.3 is 0 Å². The van der Waals surface area contributed by atoms with Gasteiger partial charge in [0.05, 0.1) is 18.0 Å². The van der Waals surface area contributed by atoms with Gasteiger partial charge in [-0.05, 0) is 11.4 Å². The third-order valence-corrected chi connectivity index (χ3v) is 4.42. The standard InChI is InChI=1S/C16H19N5OS/c1-20-5-4-17-15(20)12-21(6-7-22)11-13-9-18-16(19-10-13)14-3-2-8-23-14/h2-5,8-10,22H,6-7,11-12H2,1H3. The fourth-order valence-electron chi connectivity index (χ4n) is 2.33. The van der Waals surface area contributed by atoms with Gasteiger partial charge in [0, 0.05) is 50.5 Å². The largest absolute Gasteiger partial charge is 0.395 e. The lowest BCUT2D eigenvalue weighted by Crippen LogP contribution is -2.27. The fourth-order valence-corrected chi connectivity index (χ4v) is 3.00. The van der Waals surface area contributed by atoms with Gasteiger partial charge in [0.2, 0.25) is 0 Å². The monoisotopic (exact) mass is 329 g/mol. The van der Waals surface area contributed by atoms with Gasteiger partial charge in [-0.15, -0.1) is 11.3 Å². The van der Waals surface area contributed by atoms with Crippen molar-refractivity contribution in [3.05, 3.63) is 53.7 Å². The number of hydrogen-bond donors (Lipinski definition) is 1. The Hall–Kier alpha value is -2.09. The number of aryl methyl sites for hydroxylation is 1. The molecule has 0 saturated carbocycles. The van der Waals surface area contributed by atoms with Crippen molar-refractivity contribution in [3.63, 3.8) is 0 Å². The van der Waals surface area contributed by atoms with Crippen molar-refractivity contribution in [1.29, 1.82) is 0 Å². The quantitative estimate of drug-likeness (QED) is 0.717. The lowest BCUT2D eigenvalue weighted by Gasteiger charge is -2.20. The molecule has 0 amide bonds. The second-order valence-corrected chi connectivity index (χ2v) is 6.23. The second-order valence-electron chi connectivity index (χ2n) is 5.28. The zero-order chi connectivity index (χ0) is 16.1. The number of hydrogen-bond acceptors (Lipinski definition) is 6. The van der Waals surface area contributed by atoms with Gasteiger partial charge in [-0.3, -0.25) is 4.90 Å². The maximum atomic E-state index is 9.28. The molecule has 0 atom stereocenters. The Morgan fingerprint density at radius 3 is 2.65 bits per heavy atom. The predicted octanol–water partition coefficient (Wildman–Crippen LogP) is 1.93. The van der Waals surface area contributed by atoms with Crippen molar-refractivity contribution in [1.82, 2.24) is 24.4 Å². The van der Waals surface area contributed by atoms with Crippen molar-refractivity contribution >= 4 is 11.3 Å². The Labute approximate surface area is 139 Å². The zero-order valence-corrected chi connectivity index (χ0v) is 13.8. The molecule has 0 radical (unpaired) electrons. The molecule has 0 aliphatic rings. The number of aromatic nitrogens is 4. The summed E-state index contributed by atoms with van der Waals surface area (Å²) in [7, 11) is 1.97. The molecule has 0 spiro atoms. The van der Waals surface area contributed by atoms with Crippen LogP contribution in [0.1, 0.15) is 11.4 Å². The van der Waals surface area contributed by atoms with Crippen LogP contribution in [0.4, 0.5) is 0 Å². The normalized spacial score (nSPS) is 11.3. The Bertz CT molecular complexity index is 723.